The summed E-state index contributed by atoms with van der Waals surface area (Å²) in [5.41, 5.74) is 4.04. The number of fused-ring (bicyclic) bond motifs is 1. The van der Waals surface area contributed by atoms with Gasteiger partial charge in [-0.3, -0.25) is 9.59 Å². The first-order valence-electron chi connectivity index (χ1n) is 13.9. The van der Waals surface area contributed by atoms with Crippen LogP contribution < -0.4 is 14.8 Å². The van der Waals surface area contributed by atoms with Crippen LogP contribution in [0.3, 0.4) is 0 Å². The zero-order valence-electron chi connectivity index (χ0n) is 22.6. The van der Waals surface area contributed by atoms with Crippen LogP contribution in [0.25, 0.3) is 0 Å². The van der Waals surface area contributed by atoms with Crippen molar-refractivity contribution in [3.8, 4) is 23.0 Å². The summed E-state index contributed by atoms with van der Waals surface area (Å²) >= 11 is 0. The zero-order chi connectivity index (χ0) is 28.2. The number of aromatic hydroxyl groups is 1. The first-order chi connectivity index (χ1) is 20.0. The minimum atomic E-state index is -0.419. The van der Waals surface area contributed by atoms with Crippen LogP contribution in [0.15, 0.2) is 85.1 Å². The van der Waals surface area contributed by atoms with E-state index in [-0.39, 0.29) is 23.3 Å². The zero-order valence-corrected chi connectivity index (χ0v) is 22.6. The predicted molar refractivity (Wildman–Crippen MR) is 153 cm³/mol. The lowest BCUT2D eigenvalue weighted by atomic mass is 9.87. The number of hydrogen-bond donors (Lipinski definition) is 2. The highest BCUT2D eigenvalue weighted by molar-refractivity contribution is 5.95. The van der Waals surface area contributed by atoms with E-state index in [4.69, 9.17) is 9.47 Å². The van der Waals surface area contributed by atoms with Crippen LogP contribution in [0.4, 0.5) is 0 Å². The van der Waals surface area contributed by atoms with Crippen LogP contribution in [0.1, 0.15) is 51.6 Å². The molecule has 0 saturated heterocycles. The maximum Gasteiger partial charge on any atom is 0.277 e. The average Bonchev–Trinajstić information content (AvgIpc) is 2.99. The van der Waals surface area contributed by atoms with Crippen LogP contribution in [-0.2, 0) is 17.6 Å². The highest BCUT2D eigenvalue weighted by Crippen LogP contribution is 2.39. The normalized spacial score (nSPS) is 17.1. The van der Waals surface area contributed by atoms with Crippen molar-refractivity contribution in [3.63, 3.8) is 0 Å². The molecule has 2 N–H and O–H groups in total. The van der Waals surface area contributed by atoms with Gasteiger partial charge in [-0.05, 0) is 90.0 Å². The van der Waals surface area contributed by atoms with Gasteiger partial charge in [-0.1, -0.05) is 30.3 Å². The summed E-state index contributed by atoms with van der Waals surface area (Å²) in [5, 5.41) is 13.4. The summed E-state index contributed by atoms with van der Waals surface area (Å²) in [7, 11) is 0. The molecule has 0 saturated carbocycles. The second-order valence-corrected chi connectivity index (χ2v) is 10.3. The van der Waals surface area contributed by atoms with Gasteiger partial charge in [-0.25, -0.2) is 4.98 Å². The summed E-state index contributed by atoms with van der Waals surface area (Å²) in [6.07, 6.45) is 3.87. The number of carbonyl (C=O) groups excluding carboxylic acids is 2. The second kappa shape index (κ2) is 11.7. The number of ether oxygens (including phenoxy) is 2. The molecule has 8 nitrogen and oxygen atoms in total. The molecule has 8 heteroatoms. The minimum absolute atomic E-state index is 0.00975. The van der Waals surface area contributed by atoms with E-state index in [0.717, 1.165) is 22.3 Å². The molecule has 4 aromatic rings. The van der Waals surface area contributed by atoms with Gasteiger partial charge in [-0.15, -0.1) is 0 Å². The van der Waals surface area contributed by atoms with E-state index in [1.54, 1.807) is 11.0 Å². The van der Waals surface area contributed by atoms with Gasteiger partial charge in [0.15, 0.2) is 5.69 Å². The van der Waals surface area contributed by atoms with Crippen LogP contribution in [0.5, 0.6) is 23.0 Å². The third-order valence-corrected chi connectivity index (χ3v) is 7.48. The van der Waals surface area contributed by atoms with Crippen molar-refractivity contribution in [1.29, 1.82) is 0 Å². The predicted octanol–water partition coefficient (Wildman–Crippen LogP) is 5.20. The standard InChI is InChI=1S/C33H31N3O5/c37-29-6-2-16-35-31(29)33(39)36-18-15-23-20-27-12-13-28(23)32(36)24-4-1-5-26(21-24)40-19-3-17-34-30(38)14-9-22-7-10-25(41-27)11-8-22/h1-2,4-8,10-13,16,20-21,32,37H,3,9,14-15,17-19H2,(H,34,38). The third-order valence-electron chi connectivity index (χ3n) is 7.48. The van der Waals surface area contributed by atoms with Crippen molar-refractivity contribution in [2.24, 2.45) is 0 Å². The molecule has 0 radical (unpaired) electrons. The summed E-state index contributed by atoms with van der Waals surface area (Å²) in [6, 6.07) is 24.1. The average molecular weight is 550 g/mol. The van der Waals surface area contributed by atoms with Crippen molar-refractivity contribution in [1.82, 2.24) is 15.2 Å². The Hall–Kier alpha value is -4.85. The smallest absolute Gasteiger partial charge is 0.277 e. The molecular formula is C33H31N3O5. The molecule has 4 aliphatic heterocycles. The van der Waals surface area contributed by atoms with Crippen LogP contribution >= 0.6 is 0 Å². The second-order valence-electron chi connectivity index (χ2n) is 10.3. The number of nitrogens with zero attached hydrogens (tertiary/aromatic N) is 2. The molecule has 3 aromatic carbocycles. The monoisotopic (exact) mass is 549 g/mol. The van der Waals surface area contributed by atoms with Gasteiger partial charge in [0.25, 0.3) is 5.91 Å². The highest BCUT2D eigenvalue weighted by Gasteiger charge is 2.34. The van der Waals surface area contributed by atoms with Gasteiger partial charge in [0, 0.05) is 25.7 Å². The maximum atomic E-state index is 13.8. The first-order valence-corrected chi connectivity index (χ1v) is 13.9. The number of carbonyl (C=O) groups is 2. The van der Waals surface area contributed by atoms with Gasteiger partial charge >= 0.3 is 0 Å². The van der Waals surface area contributed by atoms with Crippen molar-refractivity contribution in [3.05, 3.63) is 113 Å². The maximum absolute atomic E-state index is 13.8. The quantitative estimate of drug-likeness (QED) is 0.339. The molecule has 8 bridgehead atoms. The molecule has 0 fully saturated rings. The number of aromatic nitrogens is 1. The molecular weight excluding hydrogens is 518 g/mol. The fourth-order valence-electron chi connectivity index (χ4n) is 5.41. The summed E-state index contributed by atoms with van der Waals surface area (Å²) in [4.78, 5) is 32.0. The number of amides is 2. The highest BCUT2D eigenvalue weighted by atomic mass is 16.5. The molecule has 4 aliphatic rings. The topological polar surface area (TPSA) is 101 Å². The van der Waals surface area contributed by atoms with Gasteiger partial charge in [0.1, 0.15) is 23.0 Å². The van der Waals surface area contributed by atoms with E-state index in [1.807, 2.05) is 66.7 Å². The number of hydrogen-bond acceptors (Lipinski definition) is 6. The first kappa shape index (κ1) is 26.4. The van der Waals surface area contributed by atoms with Gasteiger partial charge in [-0.2, -0.15) is 0 Å². The summed E-state index contributed by atoms with van der Waals surface area (Å²) < 4.78 is 12.2. The van der Waals surface area contributed by atoms with Crippen molar-refractivity contribution < 1.29 is 24.2 Å². The van der Waals surface area contributed by atoms with Gasteiger partial charge in [0.05, 0.1) is 12.6 Å². The van der Waals surface area contributed by atoms with Crippen LogP contribution in [0.2, 0.25) is 0 Å². The van der Waals surface area contributed by atoms with Crippen molar-refractivity contribution in [2.45, 2.75) is 31.7 Å². The Bertz CT molecular complexity index is 1570. The van der Waals surface area contributed by atoms with Gasteiger partial charge < -0.3 is 24.8 Å². The third kappa shape index (κ3) is 5.87. The number of aryl methyl sites for hydroxylation is 1. The van der Waals surface area contributed by atoms with Crippen LogP contribution in [-0.4, -0.2) is 46.5 Å². The molecule has 1 aromatic heterocycles. The minimum Gasteiger partial charge on any atom is -0.505 e. The van der Waals surface area contributed by atoms with E-state index >= 15 is 0 Å². The number of pyridine rings is 1. The van der Waals surface area contributed by atoms with E-state index in [1.165, 1.54) is 12.3 Å². The molecule has 41 heavy (non-hydrogen) atoms. The molecule has 0 aliphatic carbocycles. The van der Waals surface area contributed by atoms with Crippen molar-refractivity contribution in [2.75, 3.05) is 19.7 Å². The number of rotatable bonds is 1. The Morgan fingerprint density at radius 2 is 1.78 bits per heavy atom. The molecule has 208 valence electrons. The lowest BCUT2D eigenvalue weighted by Gasteiger charge is -2.38. The lowest BCUT2D eigenvalue weighted by molar-refractivity contribution is -0.121. The molecule has 5 heterocycles. The van der Waals surface area contributed by atoms with E-state index in [0.29, 0.717) is 62.6 Å². The summed E-state index contributed by atoms with van der Waals surface area (Å²) in [5.74, 6) is 1.62. The Morgan fingerprint density at radius 3 is 2.63 bits per heavy atom. The SMILES string of the molecule is O=C1CCc2ccc(cc2)Oc2ccc3c(c2)CCN(C(=O)c2ncccc2O)C3c2cccc(c2)OCCCN1. The fraction of sp³-hybridized carbons (Fsp3) is 0.242. The summed E-state index contributed by atoms with van der Waals surface area (Å²) in [6.45, 7) is 1.41. The molecule has 2 amide bonds. The Morgan fingerprint density at radius 1 is 0.927 bits per heavy atom. The van der Waals surface area contributed by atoms with E-state index in [2.05, 4.69) is 10.3 Å². The van der Waals surface area contributed by atoms with Crippen LogP contribution in [0, 0.1) is 0 Å². The number of benzene rings is 3. The fourth-order valence-corrected chi connectivity index (χ4v) is 5.41. The number of nitrogens with one attached hydrogen (secondary N) is 1. The molecule has 8 rings (SSSR count). The van der Waals surface area contributed by atoms with E-state index < -0.39 is 6.04 Å². The molecule has 0 spiro atoms. The van der Waals surface area contributed by atoms with Crippen molar-refractivity contribution >= 4 is 11.8 Å². The lowest BCUT2D eigenvalue weighted by Crippen LogP contribution is -2.41. The Kier molecular flexibility index (Phi) is 7.54. The molecule has 1 unspecified atom stereocenters. The van der Waals surface area contributed by atoms with E-state index in [9.17, 15) is 14.7 Å². The Labute approximate surface area is 238 Å². The molecule has 1 atom stereocenters. The Balaban J connectivity index is 1.39. The van der Waals surface area contributed by atoms with Gasteiger partial charge in [0.2, 0.25) is 5.91 Å². The largest absolute Gasteiger partial charge is 0.505 e.